The molecule has 2 saturated heterocycles. The molecule has 15 nitrogen and oxygen atoms in total. The Morgan fingerprint density at radius 2 is 1.71 bits per heavy atom. The number of likely N-dealkylation sites (tertiary alicyclic amines) is 1. The molecule has 0 spiro atoms. The number of hydrogen-bond acceptors (Lipinski definition) is 9. The largest absolute Gasteiger partial charge is 0.483 e. The summed E-state index contributed by atoms with van der Waals surface area (Å²) in [5.41, 5.74) is -1.10. The number of pyridine rings is 1. The smallest absolute Gasteiger partial charge is 0.409 e. The van der Waals surface area contributed by atoms with Gasteiger partial charge in [0.15, 0.2) is 6.61 Å². The van der Waals surface area contributed by atoms with Crippen molar-refractivity contribution >= 4 is 46.7 Å². The minimum absolute atomic E-state index is 0.132. The van der Waals surface area contributed by atoms with Crippen LogP contribution in [-0.4, -0.2) is 123 Å². The SMILES string of the molecule is CCOC(=O)N1CCN(C(=O)[C@H](CCC(=O)O)NC(=O)c2cc(OCC(=O)N3CCC[C@@]3(C)C(=O)O)c3ccccc3n2)CC1. The number of para-hydroxylation sites is 1. The normalized spacial score (nSPS) is 18.8. The molecule has 4 rings (SSSR count). The second-order valence-corrected chi connectivity index (χ2v) is 11.0. The van der Waals surface area contributed by atoms with Crippen molar-refractivity contribution in [3.63, 3.8) is 0 Å². The lowest BCUT2D eigenvalue weighted by molar-refractivity contribution is -0.156. The van der Waals surface area contributed by atoms with Crippen LogP contribution in [0.25, 0.3) is 10.9 Å². The lowest BCUT2D eigenvalue weighted by Crippen LogP contribution is -2.56. The predicted octanol–water partition coefficient (Wildman–Crippen LogP) is 1.34. The van der Waals surface area contributed by atoms with Crippen molar-refractivity contribution in [3.8, 4) is 5.75 Å². The molecule has 2 atom stereocenters. The highest BCUT2D eigenvalue weighted by atomic mass is 16.6. The number of carboxylic acid groups (broad SMARTS) is 2. The van der Waals surface area contributed by atoms with E-state index in [1.165, 1.54) is 27.7 Å². The molecule has 1 aromatic heterocycles. The van der Waals surface area contributed by atoms with E-state index in [1.807, 2.05) is 0 Å². The molecule has 0 bridgehead atoms. The molecule has 242 valence electrons. The molecule has 45 heavy (non-hydrogen) atoms. The van der Waals surface area contributed by atoms with E-state index in [2.05, 4.69) is 10.3 Å². The van der Waals surface area contributed by atoms with Crippen molar-refractivity contribution < 1.29 is 48.5 Å². The van der Waals surface area contributed by atoms with Crippen LogP contribution in [0.5, 0.6) is 5.75 Å². The van der Waals surface area contributed by atoms with Crippen LogP contribution < -0.4 is 10.1 Å². The topological polar surface area (TPSA) is 196 Å². The standard InChI is InChI=1S/C30H37N5O10/c1-3-44-29(43)34-15-13-33(14-16-34)27(40)21(9-10-25(37)38)32-26(39)22-17-23(19-7-4-5-8-20(19)31-22)45-18-24(36)35-12-6-11-30(35,2)28(41)42/h4-5,7-8,17,21H,3,6,9-16,18H2,1-2H3,(H,32,39)(H,37,38)(H,41,42)/t21-,30-/m0/s1. The zero-order valence-corrected chi connectivity index (χ0v) is 25.2. The maximum atomic E-state index is 13.4. The number of rotatable bonds is 11. The van der Waals surface area contributed by atoms with Gasteiger partial charge in [-0.2, -0.15) is 0 Å². The van der Waals surface area contributed by atoms with E-state index < -0.39 is 53.9 Å². The number of carboxylic acids is 2. The van der Waals surface area contributed by atoms with Gasteiger partial charge < -0.3 is 39.7 Å². The first-order chi connectivity index (χ1) is 21.4. The summed E-state index contributed by atoms with van der Waals surface area (Å²) >= 11 is 0. The predicted molar refractivity (Wildman–Crippen MR) is 158 cm³/mol. The third kappa shape index (κ3) is 7.59. The number of carbonyl (C=O) groups excluding carboxylic acids is 4. The number of fused-ring (bicyclic) bond motifs is 1. The number of piperazine rings is 1. The molecular formula is C30H37N5O10. The van der Waals surface area contributed by atoms with Crippen LogP contribution in [0.4, 0.5) is 4.79 Å². The van der Waals surface area contributed by atoms with Crippen LogP contribution >= 0.6 is 0 Å². The number of nitrogens with zero attached hydrogens (tertiary/aromatic N) is 4. The summed E-state index contributed by atoms with van der Waals surface area (Å²) in [5.74, 6) is -3.87. The Bertz CT molecular complexity index is 1470. The van der Waals surface area contributed by atoms with E-state index in [1.54, 1.807) is 31.2 Å². The number of amides is 4. The Morgan fingerprint density at radius 1 is 1.02 bits per heavy atom. The van der Waals surface area contributed by atoms with Gasteiger partial charge in [-0.25, -0.2) is 14.6 Å². The minimum atomic E-state index is -1.34. The van der Waals surface area contributed by atoms with Crippen molar-refractivity contribution in [2.24, 2.45) is 0 Å². The molecule has 2 fully saturated rings. The Hall–Kier alpha value is -4.95. The minimum Gasteiger partial charge on any atom is -0.483 e. The third-order valence-corrected chi connectivity index (χ3v) is 8.03. The van der Waals surface area contributed by atoms with E-state index in [0.717, 1.165) is 0 Å². The van der Waals surface area contributed by atoms with Crippen LogP contribution in [0.3, 0.4) is 0 Å². The summed E-state index contributed by atoms with van der Waals surface area (Å²) in [4.78, 5) is 83.7. The molecule has 1 aromatic carbocycles. The second kappa shape index (κ2) is 14.2. The Labute approximate surface area is 259 Å². The summed E-state index contributed by atoms with van der Waals surface area (Å²) < 4.78 is 10.8. The zero-order chi connectivity index (χ0) is 32.7. The fourth-order valence-electron chi connectivity index (χ4n) is 5.48. The first-order valence-corrected chi connectivity index (χ1v) is 14.7. The average molecular weight is 628 g/mol. The summed E-state index contributed by atoms with van der Waals surface area (Å²) in [5, 5.41) is 22.0. The summed E-state index contributed by atoms with van der Waals surface area (Å²) in [6.45, 7) is 4.00. The molecule has 0 aliphatic carbocycles. The van der Waals surface area contributed by atoms with Crippen LogP contribution in [0.15, 0.2) is 30.3 Å². The van der Waals surface area contributed by atoms with E-state index in [4.69, 9.17) is 9.47 Å². The molecule has 2 aromatic rings. The quantitative estimate of drug-likeness (QED) is 0.325. The first-order valence-electron chi connectivity index (χ1n) is 14.7. The van der Waals surface area contributed by atoms with E-state index in [9.17, 15) is 39.0 Å². The van der Waals surface area contributed by atoms with Crippen LogP contribution in [0.1, 0.15) is 50.0 Å². The molecule has 3 N–H and O–H groups in total. The number of carbonyl (C=O) groups is 6. The van der Waals surface area contributed by atoms with Gasteiger partial charge in [0.1, 0.15) is 23.0 Å². The highest BCUT2D eigenvalue weighted by molar-refractivity contribution is 5.99. The first kappa shape index (κ1) is 33.0. The van der Waals surface area contributed by atoms with E-state index >= 15 is 0 Å². The molecule has 2 aliphatic heterocycles. The van der Waals surface area contributed by atoms with Gasteiger partial charge in [0.05, 0.1) is 12.1 Å². The number of benzene rings is 1. The number of ether oxygens (including phenoxy) is 2. The molecule has 0 radical (unpaired) electrons. The monoisotopic (exact) mass is 627 g/mol. The highest BCUT2D eigenvalue weighted by Gasteiger charge is 2.46. The maximum Gasteiger partial charge on any atom is 0.409 e. The summed E-state index contributed by atoms with van der Waals surface area (Å²) in [6, 6.07) is 6.88. The van der Waals surface area contributed by atoms with Gasteiger partial charge in [-0.05, 0) is 45.2 Å². The van der Waals surface area contributed by atoms with E-state index in [0.29, 0.717) is 23.7 Å². The van der Waals surface area contributed by atoms with E-state index in [-0.39, 0.29) is 63.6 Å². The van der Waals surface area contributed by atoms with Crippen molar-refractivity contribution in [1.82, 2.24) is 25.0 Å². The number of nitrogens with one attached hydrogen (secondary N) is 1. The summed E-state index contributed by atoms with van der Waals surface area (Å²) in [6.07, 6.45) is -0.188. The van der Waals surface area contributed by atoms with Crippen molar-refractivity contribution in [2.75, 3.05) is 45.9 Å². The maximum absolute atomic E-state index is 13.4. The molecule has 3 heterocycles. The summed E-state index contributed by atoms with van der Waals surface area (Å²) in [7, 11) is 0. The Balaban J connectivity index is 1.50. The fourth-order valence-corrected chi connectivity index (χ4v) is 5.48. The lowest BCUT2D eigenvalue weighted by atomic mass is 9.99. The molecule has 0 saturated carbocycles. The number of hydrogen-bond donors (Lipinski definition) is 3. The molecule has 15 heteroatoms. The van der Waals surface area contributed by atoms with Crippen molar-refractivity contribution in [1.29, 1.82) is 0 Å². The van der Waals surface area contributed by atoms with Crippen molar-refractivity contribution in [2.45, 2.75) is 51.1 Å². The number of aromatic nitrogens is 1. The molecule has 4 amide bonds. The number of aliphatic carboxylic acids is 2. The van der Waals surface area contributed by atoms with Gasteiger partial charge in [-0.1, -0.05) is 12.1 Å². The third-order valence-electron chi connectivity index (χ3n) is 8.03. The van der Waals surface area contributed by atoms with Gasteiger partial charge in [0.25, 0.3) is 11.8 Å². The van der Waals surface area contributed by atoms with Gasteiger partial charge in [0.2, 0.25) is 5.91 Å². The Kier molecular flexibility index (Phi) is 10.4. The zero-order valence-electron chi connectivity index (χ0n) is 25.2. The second-order valence-electron chi connectivity index (χ2n) is 11.0. The average Bonchev–Trinajstić information content (AvgIpc) is 3.44. The molecular weight excluding hydrogens is 590 g/mol. The lowest BCUT2D eigenvalue weighted by Gasteiger charge is -2.35. The Morgan fingerprint density at radius 3 is 2.38 bits per heavy atom. The van der Waals surface area contributed by atoms with Crippen LogP contribution in [-0.2, 0) is 23.9 Å². The van der Waals surface area contributed by atoms with Crippen LogP contribution in [0.2, 0.25) is 0 Å². The van der Waals surface area contributed by atoms with Gasteiger partial charge in [-0.15, -0.1) is 0 Å². The van der Waals surface area contributed by atoms with Gasteiger partial charge in [-0.3, -0.25) is 19.2 Å². The highest BCUT2D eigenvalue weighted by Crippen LogP contribution is 2.30. The van der Waals surface area contributed by atoms with Gasteiger partial charge in [0, 0.05) is 50.6 Å². The molecule has 0 unspecified atom stereocenters. The van der Waals surface area contributed by atoms with Crippen LogP contribution in [0, 0.1) is 0 Å². The van der Waals surface area contributed by atoms with Gasteiger partial charge >= 0.3 is 18.0 Å². The van der Waals surface area contributed by atoms with Crippen molar-refractivity contribution in [3.05, 3.63) is 36.0 Å². The fraction of sp³-hybridized carbons (Fsp3) is 0.500. The molecule has 2 aliphatic rings.